The number of hydrogen-bond donors (Lipinski definition) is 2. The fourth-order valence-corrected chi connectivity index (χ4v) is 2.45. The predicted molar refractivity (Wildman–Crippen MR) is 53.7 cm³/mol. The third-order valence-corrected chi connectivity index (χ3v) is 3.28. The van der Waals surface area contributed by atoms with Crippen LogP contribution in [0.5, 0.6) is 0 Å². The molecule has 0 radical (unpaired) electrons. The lowest BCUT2D eigenvalue weighted by atomic mass is 9.79. The van der Waals surface area contributed by atoms with Gasteiger partial charge in [0.2, 0.25) is 0 Å². The van der Waals surface area contributed by atoms with Crippen molar-refractivity contribution in [2.75, 3.05) is 0 Å². The van der Waals surface area contributed by atoms with E-state index in [2.05, 4.69) is 0 Å². The van der Waals surface area contributed by atoms with E-state index in [4.69, 9.17) is 11.7 Å². The van der Waals surface area contributed by atoms with E-state index in [1.165, 1.54) is 10.7 Å². The number of rotatable bonds is 1. The zero-order chi connectivity index (χ0) is 10.1. The van der Waals surface area contributed by atoms with E-state index in [0.29, 0.717) is 5.78 Å². The highest BCUT2D eigenvalue weighted by Crippen LogP contribution is 2.34. The van der Waals surface area contributed by atoms with Crippen LogP contribution in [0.3, 0.4) is 0 Å². The summed E-state index contributed by atoms with van der Waals surface area (Å²) < 4.78 is 0. The standard InChI is InChI=1S/C10H17N3O/c11-13(12)8-4-5-9-7(6-8)2-1-3-10(9)14/h8H,1-6,11-12H2. The molecule has 14 heavy (non-hydrogen) atoms. The second kappa shape index (κ2) is 3.81. The van der Waals surface area contributed by atoms with E-state index in [9.17, 15) is 4.79 Å². The molecule has 0 aliphatic heterocycles. The van der Waals surface area contributed by atoms with E-state index in [-0.39, 0.29) is 6.04 Å². The van der Waals surface area contributed by atoms with Crippen LogP contribution < -0.4 is 11.7 Å². The van der Waals surface area contributed by atoms with Gasteiger partial charge in [-0.3, -0.25) is 16.5 Å². The summed E-state index contributed by atoms with van der Waals surface area (Å²) in [5.74, 6) is 11.4. The van der Waals surface area contributed by atoms with Crippen LogP contribution in [-0.4, -0.2) is 16.9 Å². The Hall–Kier alpha value is -0.710. The third-order valence-electron chi connectivity index (χ3n) is 3.28. The van der Waals surface area contributed by atoms with Crippen molar-refractivity contribution < 1.29 is 4.79 Å². The minimum Gasteiger partial charge on any atom is -0.295 e. The van der Waals surface area contributed by atoms with E-state index in [1.54, 1.807) is 0 Å². The van der Waals surface area contributed by atoms with Gasteiger partial charge >= 0.3 is 0 Å². The molecule has 1 atom stereocenters. The van der Waals surface area contributed by atoms with Crippen molar-refractivity contribution in [2.24, 2.45) is 11.7 Å². The highest BCUT2D eigenvalue weighted by atomic mass is 16.1. The van der Waals surface area contributed by atoms with Gasteiger partial charge in [0.15, 0.2) is 5.78 Å². The third kappa shape index (κ3) is 1.73. The molecule has 0 fully saturated rings. The molecule has 0 bridgehead atoms. The van der Waals surface area contributed by atoms with Crippen molar-refractivity contribution >= 4 is 5.78 Å². The lowest BCUT2D eigenvalue weighted by Crippen LogP contribution is -2.48. The molecule has 0 saturated carbocycles. The Morgan fingerprint density at radius 1 is 1.21 bits per heavy atom. The largest absolute Gasteiger partial charge is 0.295 e. The topological polar surface area (TPSA) is 72.3 Å². The fourth-order valence-electron chi connectivity index (χ4n) is 2.45. The molecule has 0 amide bonds. The molecule has 2 rings (SSSR count). The first kappa shape index (κ1) is 9.83. The monoisotopic (exact) mass is 195 g/mol. The second-order valence-electron chi connectivity index (χ2n) is 4.20. The van der Waals surface area contributed by atoms with Gasteiger partial charge < -0.3 is 0 Å². The lowest BCUT2D eigenvalue weighted by molar-refractivity contribution is -0.116. The van der Waals surface area contributed by atoms with Gasteiger partial charge in [-0.25, -0.2) is 0 Å². The molecule has 4 N–H and O–H groups in total. The number of hydrogen-bond acceptors (Lipinski definition) is 4. The van der Waals surface area contributed by atoms with Crippen LogP contribution in [0.15, 0.2) is 11.1 Å². The van der Waals surface area contributed by atoms with Crippen LogP contribution in [0.1, 0.15) is 38.5 Å². The first-order chi connectivity index (χ1) is 6.68. The van der Waals surface area contributed by atoms with Crippen molar-refractivity contribution in [3.05, 3.63) is 11.1 Å². The summed E-state index contributed by atoms with van der Waals surface area (Å²) in [7, 11) is 0. The number of Topliss-reactive ketones (excluding diaryl/α,β-unsaturated/α-hetero) is 1. The fraction of sp³-hybridized carbons (Fsp3) is 0.700. The van der Waals surface area contributed by atoms with Crippen LogP contribution in [0.4, 0.5) is 0 Å². The van der Waals surface area contributed by atoms with Gasteiger partial charge in [0.1, 0.15) is 0 Å². The normalized spacial score (nSPS) is 28.2. The number of hydrazine groups is 2. The second-order valence-corrected chi connectivity index (χ2v) is 4.20. The van der Waals surface area contributed by atoms with Crippen LogP contribution in [-0.2, 0) is 4.79 Å². The van der Waals surface area contributed by atoms with Gasteiger partial charge in [-0.1, -0.05) is 5.57 Å². The summed E-state index contributed by atoms with van der Waals surface area (Å²) in [6.45, 7) is 0. The molecule has 0 aromatic rings. The van der Waals surface area contributed by atoms with Gasteiger partial charge in [-0.15, -0.1) is 0 Å². The Balaban J connectivity index is 2.15. The number of carbonyl (C=O) groups is 1. The van der Waals surface area contributed by atoms with Gasteiger partial charge in [-0.2, -0.15) is 5.12 Å². The number of carbonyl (C=O) groups excluding carboxylic acids is 1. The Morgan fingerprint density at radius 2 is 2.00 bits per heavy atom. The molecular weight excluding hydrogens is 178 g/mol. The van der Waals surface area contributed by atoms with Crippen molar-refractivity contribution in [3.63, 3.8) is 0 Å². The number of nitrogens with two attached hydrogens (primary N) is 2. The summed E-state index contributed by atoms with van der Waals surface area (Å²) in [4.78, 5) is 11.6. The predicted octanol–water partition coefficient (Wildman–Crippen LogP) is 0.638. The highest BCUT2D eigenvalue weighted by molar-refractivity contribution is 5.97. The summed E-state index contributed by atoms with van der Waals surface area (Å²) in [6.07, 6.45) is 5.46. The van der Waals surface area contributed by atoms with E-state index >= 15 is 0 Å². The zero-order valence-corrected chi connectivity index (χ0v) is 8.33. The molecule has 4 nitrogen and oxygen atoms in total. The van der Waals surface area contributed by atoms with Crippen molar-refractivity contribution in [3.8, 4) is 0 Å². The first-order valence-electron chi connectivity index (χ1n) is 5.21. The molecular formula is C10H17N3O. The van der Waals surface area contributed by atoms with Crippen LogP contribution in [0.2, 0.25) is 0 Å². The summed E-state index contributed by atoms with van der Waals surface area (Å²) in [5.41, 5.74) is 2.38. The van der Waals surface area contributed by atoms with Gasteiger partial charge in [0.05, 0.1) is 0 Å². The number of allylic oxidation sites excluding steroid dienone is 1. The SMILES string of the molecule is NN(N)C1CCC2=C(CCCC2=O)C1. The first-order valence-corrected chi connectivity index (χ1v) is 5.21. The molecule has 0 spiro atoms. The zero-order valence-electron chi connectivity index (χ0n) is 8.33. The highest BCUT2D eigenvalue weighted by Gasteiger charge is 2.28. The lowest BCUT2D eigenvalue weighted by Gasteiger charge is -2.32. The van der Waals surface area contributed by atoms with E-state index in [1.807, 2.05) is 0 Å². The van der Waals surface area contributed by atoms with Crippen LogP contribution in [0, 0.1) is 0 Å². The molecule has 0 aromatic heterocycles. The van der Waals surface area contributed by atoms with E-state index in [0.717, 1.165) is 44.1 Å². The smallest absolute Gasteiger partial charge is 0.158 e. The number of ketones is 1. The van der Waals surface area contributed by atoms with Crippen molar-refractivity contribution in [1.29, 1.82) is 0 Å². The summed E-state index contributed by atoms with van der Waals surface area (Å²) >= 11 is 0. The molecule has 0 saturated heterocycles. The van der Waals surface area contributed by atoms with Gasteiger partial charge in [-0.05, 0) is 37.7 Å². The molecule has 2 aliphatic rings. The quantitative estimate of drug-likeness (QED) is 0.475. The Kier molecular flexibility index (Phi) is 2.67. The molecule has 78 valence electrons. The molecule has 0 heterocycles. The minimum absolute atomic E-state index is 0.222. The average molecular weight is 195 g/mol. The molecule has 4 heteroatoms. The minimum atomic E-state index is 0.222. The maximum Gasteiger partial charge on any atom is 0.158 e. The Bertz CT molecular complexity index is 283. The molecule has 1 unspecified atom stereocenters. The summed E-state index contributed by atoms with van der Waals surface area (Å²) in [6, 6.07) is 0.222. The van der Waals surface area contributed by atoms with Crippen molar-refractivity contribution in [1.82, 2.24) is 5.12 Å². The maximum absolute atomic E-state index is 11.6. The summed E-state index contributed by atoms with van der Waals surface area (Å²) in [5, 5.41) is 1.29. The molecule has 2 aliphatic carbocycles. The molecule has 0 aromatic carbocycles. The van der Waals surface area contributed by atoms with Gasteiger partial charge in [0.25, 0.3) is 0 Å². The van der Waals surface area contributed by atoms with E-state index < -0.39 is 0 Å². The Labute approximate surface area is 83.9 Å². The maximum atomic E-state index is 11.6. The van der Waals surface area contributed by atoms with Crippen LogP contribution >= 0.6 is 0 Å². The average Bonchev–Trinajstić information content (AvgIpc) is 2.17. The van der Waals surface area contributed by atoms with Gasteiger partial charge in [0, 0.05) is 12.5 Å². The van der Waals surface area contributed by atoms with Crippen LogP contribution in [0.25, 0.3) is 0 Å². The van der Waals surface area contributed by atoms with Crippen molar-refractivity contribution in [2.45, 2.75) is 44.6 Å². The number of nitrogens with zero attached hydrogens (tertiary/aromatic N) is 1. The Morgan fingerprint density at radius 3 is 2.71 bits per heavy atom.